The summed E-state index contributed by atoms with van der Waals surface area (Å²) in [6.07, 6.45) is -0.195. The zero-order valence-electron chi connectivity index (χ0n) is 14.1. The van der Waals surface area contributed by atoms with Crippen LogP contribution in [-0.2, 0) is 19.4 Å². The van der Waals surface area contributed by atoms with E-state index in [0.29, 0.717) is 10.7 Å². The molecule has 0 aromatic heterocycles. The van der Waals surface area contributed by atoms with Gasteiger partial charge in [0.2, 0.25) is 0 Å². The smallest absolute Gasteiger partial charge is 0.340 e. The predicted molar refractivity (Wildman–Crippen MR) is 105 cm³/mol. The number of carbonyl (C=O) groups is 2. The number of ether oxygens (including phenoxy) is 1. The van der Waals surface area contributed by atoms with Crippen LogP contribution in [0.25, 0.3) is 0 Å². The van der Waals surface area contributed by atoms with E-state index in [9.17, 15) is 18.0 Å². The van der Waals surface area contributed by atoms with Crippen LogP contribution in [0.3, 0.4) is 0 Å². The molecule has 0 saturated carbocycles. The SMILES string of the molecule is CC(OC(=O)c1cc(S(C)(=O)=O)ccc1Cl)C(=O)Nc1ccc(Cl)cc1Cl. The summed E-state index contributed by atoms with van der Waals surface area (Å²) in [5, 5.41) is 3.13. The highest BCUT2D eigenvalue weighted by Gasteiger charge is 2.22. The maximum atomic E-state index is 12.3. The molecule has 1 amide bonds. The predicted octanol–water partition coefficient (Wildman–Crippen LogP) is 4.23. The van der Waals surface area contributed by atoms with Gasteiger partial charge in [0.1, 0.15) is 0 Å². The fourth-order valence-electron chi connectivity index (χ4n) is 1.99. The van der Waals surface area contributed by atoms with Crippen molar-refractivity contribution in [3.63, 3.8) is 0 Å². The topological polar surface area (TPSA) is 89.5 Å². The second kappa shape index (κ2) is 8.48. The van der Waals surface area contributed by atoms with Crippen molar-refractivity contribution < 1.29 is 22.7 Å². The highest BCUT2D eigenvalue weighted by atomic mass is 35.5. The Kier molecular flexibility index (Phi) is 6.75. The number of anilines is 1. The zero-order valence-corrected chi connectivity index (χ0v) is 17.2. The van der Waals surface area contributed by atoms with Crippen molar-refractivity contribution >= 4 is 62.2 Å². The van der Waals surface area contributed by atoms with Crippen LogP contribution >= 0.6 is 34.8 Å². The fourth-order valence-corrected chi connectivity index (χ4v) is 3.29. The van der Waals surface area contributed by atoms with Crippen LogP contribution < -0.4 is 5.32 Å². The van der Waals surface area contributed by atoms with Crippen molar-refractivity contribution in [2.75, 3.05) is 11.6 Å². The van der Waals surface area contributed by atoms with Gasteiger partial charge in [0.05, 0.1) is 26.2 Å². The van der Waals surface area contributed by atoms with Gasteiger partial charge in [-0.15, -0.1) is 0 Å². The summed E-state index contributed by atoms with van der Waals surface area (Å²) in [4.78, 5) is 24.4. The second-order valence-electron chi connectivity index (χ2n) is 5.57. The third-order valence-corrected chi connectivity index (χ3v) is 5.42. The monoisotopic (exact) mass is 449 g/mol. The second-order valence-corrected chi connectivity index (χ2v) is 8.84. The standard InChI is InChI=1S/C17H14Cl3NO5S/c1-9(16(22)21-15-6-3-10(18)7-14(15)20)26-17(23)12-8-11(27(2,24)25)4-5-13(12)19/h3-9H,1-2H3,(H,21,22). The number of hydrogen-bond acceptors (Lipinski definition) is 5. The van der Waals surface area contributed by atoms with Gasteiger partial charge in [-0.2, -0.15) is 0 Å². The molecule has 0 heterocycles. The molecule has 0 aliphatic heterocycles. The first-order valence-corrected chi connectivity index (χ1v) is 10.5. The number of benzene rings is 2. The van der Waals surface area contributed by atoms with Crippen LogP contribution in [0.2, 0.25) is 15.1 Å². The van der Waals surface area contributed by atoms with Crippen LogP contribution in [0.15, 0.2) is 41.3 Å². The van der Waals surface area contributed by atoms with Gasteiger partial charge < -0.3 is 10.1 Å². The minimum absolute atomic E-state index is 0.000698. The summed E-state index contributed by atoms with van der Waals surface area (Å²) in [6.45, 7) is 1.35. The van der Waals surface area contributed by atoms with E-state index in [1.807, 2.05) is 0 Å². The minimum atomic E-state index is -3.54. The van der Waals surface area contributed by atoms with Crippen molar-refractivity contribution in [2.24, 2.45) is 0 Å². The molecule has 0 bridgehead atoms. The first-order valence-electron chi connectivity index (χ1n) is 7.45. The van der Waals surface area contributed by atoms with Crippen LogP contribution in [0.5, 0.6) is 0 Å². The van der Waals surface area contributed by atoms with Crippen LogP contribution in [0.4, 0.5) is 5.69 Å². The highest BCUT2D eigenvalue weighted by Crippen LogP contribution is 2.26. The van der Waals surface area contributed by atoms with Gasteiger partial charge in [0, 0.05) is 11.3 Å². The number of amides is 1. The van der Waals surface area contributed by atoms with E-state index >= 15 is 0 Å². The number of hydrogen-bond donors (Lipinski definition) is 1. The van der Waals surface area contributed by atoms with Crippen molar-refractivity contribution in [3.05, 3.63) is 57.0 Å². The van der Waals surface area contributed by atoms with E-state index in [0.717, 1.165) is 12.3 Å². The summed E-state index contributed by atoms with van der Waals surface area (Å²) in [5.74, 6) is -1.57. The third-order valence-electron chi connectivity index (χ3n) is 3.43. The lowest BCUT2D eigenvalue weighted by molar-refractivity contribution is -0.123. The molecule has 6 nitrogen and oxygen atoms in total. The molecule has 27 heavy (non-hydrogen) atoms. The van der Waals surface area contributed by atoms with Crippen LogP contribution in [-0.4, -0.2) is 32.7 Å². The molecule has 1 atom stereocenters. The van der Waals surface area contributed by atoms with Crippen molar-refractivity contribution in [3.8, 4) is 0 Å². The summed E-state index contributed by atoms with van der Waals surface area (Å²) in [7, 11) is -3.54. The number of sulfone groups is 1. The summed E-state index contributed by atoms with van der Waals surface area (Å²) in [6, 6.07) is 8.13. The largest absolute Gasteiger partial charge is 0.449 e. The summed E-state index contributed by atoms with van der Waals surface area (Å²) >= 11 is 17.7. The van der Waals surface area contributed by atoms with Crippen molar-refractivity contribution in [1.82, 2.24) is 0 Å². The van der Waals surface area contributed by atoms with Crippen LogP contribution in [0.1, 0.15) is 17.3 Å². The number of esters is 1. The molecule has 2 aromatic rings. The normalized spacial score (nSPS) is 12.3. The van der Waals surface area contributed by atoms with Gasteiger partial charge in [-0.1, -0.05) is 34.8 Å². The molecule has 144 valence electrons. The Hall–Kier alpha value is -1.80. The van der Waals surface area contributed by atoms with E-state index in [1.54, 1.807) is 0 Å². The Bertz CT molecular complexity index is 1010. The molecule has 2 aromatic carbocycles. The molecule has 0 fully saturated rings. The Morgan fingerprint density at radius 1 is 1.04 bits per heavy atom. The Labute approximate surface area is 171 Å². The first-order chi connectivity index (χ1) is 12.5. The summed E-state index contributed by atoms with van der Waals surface area (Å²) < 4.78 is 28.3. The molecular weight excluding hydrogens is 437 g/mol. The third kappa shape index (κ3) is 5.59. The number of rotatable bonds is 5. The molecule has 0 aliphatic rings. The fraction of sp³-hybridized carbons (Fsp3) is 0.176. The average molecular weight is 451 g/mol. The van der Waals surface area contributed by atoms with Crippen molar-refractivity contribution in [2.45, 2.75) is 17.9 Å². The van der Waals surface area contributed by atoms with Crippen molar-refractivity contribution in [1.29, 1.82) is 0 Å². The Morgan fingerprint density at radius 3 is 2.30 bits per heavy atom. The van der Waals surface area contributed by atoms with E-state index in [4.69, 9.17) is 39.5 Å². The lowest BCUT2D eigenvalue weighted by atomic mass is 10.2. The molecule has 1 N–H and O–H groups in total. The van der Waals surface area contributed by atoms with E-state index in [-0.39, 0.29) is 20.5 Å². The molecule has 0 aliphatic carbocycles. The molecule has 2 rings (SSSR count). The Balaban J connectivity index is 2.14. The zero-order chi connectivity index (χ0) is 20.4. The van der Waals surface area contributed by atoms with Gasteiger partial charge in [0.25, 0.3) is 5.91 Å². The van der Waals surface area contributed by atoms with Gasteiger partial charge in [-0.3, -0.25) is 4.79 Å². The van der Waals surface area contributed by atoms with Gasteiger partial charge >= 0.3 is 5.97 Å². The van der Waals surface area contributed by atoms with E-state index < -0.39 is 27.8 Å². The van der Waals surface area contributed by atoms with E-state index in [2.05, 4.69) is 5.32 Å². The lowest BCUT2D eigenvalue weighted by Crippen LogP contribution is -2.30. The van der Waals surface area contributed by atoms with Crippen LogP contribution in [0, 0.1) is 0 Å². The molecule has 0 saturated heterocycles. The number of nitrogens with one attached hydrogen (secondary N) is 1. The first kappa shape index (κ1) is 21.5. The number of halogens is 3. The molecule has 10 heteroatoms. The molecule has 0 spiro atoms. The molecule has 0 radical (unpaired) electrons. The lowest BCUT2D eigenvalue weighted by Gasteiger charge is -2.15. The number of carbonyl (C=O) groups excluding carboxylic acids is 2. The van der Waals surface area contributed by atoms with E-state index in [1.165, 1.54) is 37.3 Å². The summed E-state index contributed by atoms with van der Waals surface area (Å²) in [5.41, 5.74) is 0.134. The maximum absolute atomic E-state index is 12.3. The maximum Gasteiger partial charge on any atom is 0.340 e. The van der Waals surface area contributed by atoms with Gasteiger partial charge in [-0.05, 0) is 43.3 Å². The molecular formula is C17H14Cl3NO5S. The quantitative estimate of drug-likeness (QED) is 0.688. The minimum Gasteiger partial charge on any atom is -0.449 e. The Morgan fingerprint density at radius 2 is 1.70 bits per heavy atom. The van der Waals surface area contributed by atoms with Gasteiger partial charge in [0.15, 0.2) is 15.9 Å². The average Bonchev–Trinajstić information content (AvgIpc) is 2.56. The molecule has 1 unspecified atom stereocenters. The van der Waals surface area contributed by atoms with Gasteiger partial charge in [-0.25, -0.2) is 13.2 Å². The highest BCUT2D eigenvalue weighted by molar-refractivity contribution is 7.90.